The lowest BCUT2D eigenvalue weighted by atomic mass is 10.0. The van der Waals surface area contributed by atoms with Crippen molar-refractivity contribution < 1.29 is 0 Å². The molecule has 0 radical (unpaired) electrons. The van der Waals surface area contributed by atoms with Gasteiger partial charge in [-0.25, -0.2) is 0 Å². The minimum atomic E-state index is 0.342. The van der Waals surface area contributed by atoms with E-state index in [9.17, 15) is 0 Å². The number of aliphatic imine (C=N–C) groups is 1. The summed E-state index contributed by atoms with van der Waals surface area (Å²) in [5.41, 5.74) is 7.67. The fourth-order valence-corrected chi connectivity index (χ4v) is 3.55. The SMILES string of the molecule is C=C(/C=C(\N=CC)c1ccc(-c2cccnc2)cc1)/C=C/CC(/C=C\C)/C=C/C(C)=C(C)\C=C\C. The van der Waals surface area contributed by atoms with Gasteiger partial charge in [0.05, 0.1) is 5.70 Å². The predicted molar refractivity (Wildman–Crippen MR) is 155 cm³/mol. The Hall–Kier alpha value is -3.78. The maximum Gasteiger partial charge on any atom is 0.0703 e. The van der Waals surface area contributed by atoms with Gasteiger partial charge in [0.15, 0.2) is 0 Å². The van der Waals surface area contributed by atoms with Gasteiger partial charge >= 0.3 is 0 Å². The van der Waals surface area contributed by atoms with Gasteiger partial charge in [0.1, 0.15) is 0 Å². The van der Waals surface area contributed by atoms with Crippen LogP contribution < -0.4 is 0 Å². The third-order valence-electron chi connectivity index (χ3n) is 5.58. The molecule has 0 aliphatic heterocycles. The maximum absolute atomic E-state index is 4.59. The van der Waals surface area contributed by atoms with Crippen molar-refractivity contribution in [3.05, 3.63) is 132 Å². The highest BCUT2D eigenvalue weighted by molar-refractivity contribution is 5.76. The molecule has 1 aromatic carbocycles. The Morgan fingerprint density at radius 2 is 1.66 bits per heavy atom. The number of pyridine rings is 1. The normalized spacial score (nSPS) is 14.6. The smallest absolute Gasteiger partial charge is 0.0703 e. The first-order chi connectivity index (χ1) is 17.0. The number of hydrogen-bond donors (Lipinski definition) is 0. The molecule has 1 aromatic heterocycles. The molecule has 35 heavy (non-hydrogen) atoms. The van der Waals surface area contributed by atoms with E-state index in [4.69, 9.17) is 0 Å². The quantitative estimate of drug-likeness (QED) is 0.185. The van der Waals surface area contributed by atoms with Gasteiger partial charge in [-0.3, -0.25) is 9.98 Å². The second kappa shape index (κ2) is 15.2. The topological polar surface area (TPSA) is 25.2 Å². The molecule has 1 atom stereocenters. The lowest BCUT2D eigenvalue weighted by molar-refractivity contribution is 0.829. The molecule has 0 saturated heterocycles. The molecule has 0 N–H and O–H groups in total. The van der Waals surface area contributed by atoms with Gasteiger partial charge in [0.2, 0.25) is 0 Å². The molecule has 0 bridgehead atoms. The first-order valence-corrected chi connectivity index (χ1v) is 12.2. The predicted octanol–water partition coefficient (Wildman–Crippen LogP) is 9.34. The molecular weight excluding hydrogens is 424 g/mol. The van der Waals surface area contributed by atoms with Crippen LogP contribution in [0.4, 0.5) is 0 Å². The number of nitrogens with zero attached hydrogens (tertiary/aromatic N) is 2. The van der Waals surface area contributed by atoms with Crippen molar-refractivity contribution in [2.45, 2.75) is 41.0 Å². The third-order valence-corrected chi connectivity index (χ3v) is 5.58. The van der Waals surface area contributed by atoms with E-state index in [1.165, 1.54) is 11.1 Å². The fourth-order valence-electron chi connectivity index (χ4n) is 3.55. The molecule has 0 spiro atoms. The van der Waals surface area contributed by atoms with Crippen LogP contribution in [0.1, 0.15) is 46.6 Å². The number of aromatic nitrogens is 1. The first-order valence-electron chi connectivity index (χ1n) is 12.2. The molecule has 2 rings (SSSR count). The van der Waals surface area contributed by atoms with Crippen molar-refractivity contribution in [2.24, 2.45) is 10.9 Å². The molecule has 0 fully saturated rings. The molecule has 0 aliphatic carbocycles. The Balaban J connectivity index is 2.12. The van der Waals surface area contributed by atoms with Gasteiger partial charge in [-0.05, 0) is 86.9 Å². The van der Waals surface area contributed by atoms with E-state index >= 15 is 0 Å². The standard InChI is InChI=1S/C33H38N2/c1-7-12-27(5)28(6)17-18-29(13-8-2)15-10-14-26(4)24-33(35-9-3)31-21-19-30(20-22-31)32-16-11-23-34-25-32/h7-14,16-25,29H,4,15H2,1-3,5-6H3/b12-7+,13-8-,14-10+,18-17+,28-27-,33-24-,35-9?. The van der Waals surface area contributed by atoms with Crippen molar-refractivity contribution in [1.82, 2.24) is 4.98 Å². The van der Waals surface area contributed by atoms with Crippen LogP contribution in [0.25, 0.3) is 16.8 Å². The Morgan fingerprint density at radius 3 is 2.29 bits per heavy atom. The van der Waals surface area contributed by atoms with Crippen molar-refractivity contribution in [3.8, 4) is 11.1 Å². The second-order valence-corrected chi connectivity index (χ2v) is 8.36. The zero-order chi connectivity index (χ0) is 25.5. The van der Waals surface area contributed by atoms with E-state index in [1.54, 1.807) is 6.20 Å². The molecule has 2 heteroatoms. The van der Waals surface area contributed by atoms with E-state index in [1.807, 2.05) is 38.4 Å². The highest BCUT2D eigenvalue weighted by Gasteiger charge is 2.03. The van der Waals surface area contributed by atoms with Crippen LogP contribution in [0, 0.1) is 5.92 Å². The molecule has 1 heterocycles. The summed E-state index contributed by atoms with van der Waals surface area (Å²) < 4.78 is 0. The third kappa shape index (κ3) is 9.54. The van der Waals surface area contributed by atoms with Gasteiger partial charge in [-0.2, -0.15) is 0 Å². The van der Waals surface area contributed by atoms with Crippen molar-refractivity contribution in [1.29, 1.82) is 0 Å². The zero-order valence-corrected chi connectivity index (χ0v) is 21.8. The van der Waals surface area contributed by atoms with Crippen LogP contribution in [0.5, 0.6) is 0 Å². The molecule has 1 unspecified atom stereocenters. The fraction of sp³-hybridized carbons (Fsp3) is 0.212. The average molecular weight is 463 g/mol. The highest BCUT2D eigenvalue weighted by atomic mass is 14.7. The summed E-state index contributed by atoms with van der Waals surface area (Å²) in [5.74, 6) is 0.342. The molecule has 180 valence electrons. The number of hydrogen-bond acceptors (Lipinski definition) is 2. The van der Waals surface area contributed by atoms with E-state index in [0.29, 0.717) is 5.92 Å². The zero-order valence-electron chi connectivity index (χ0n) is 21.8. The minimum Gasteiger partial charge on any atom is -0.264 e. The highest BCUT2D eigenvalue weighted by Crippen LogP contribution is 2.24. The van der Waals surface area contributed by atoms with Crippen molar-refractivity contribution >= 4 is 11.9 Å². The molecule has 0 saturated carbocycles. The van der Waals surface area contributed by atoms with Gasteiger partial charge in [-0.15, -0.1) is 0 Å². The molecule has 2 aromatic rings. The summed E-state index contributed by atoms with van der Waals surface area (Å²) >= 11 is 0. The summed E-state index contributed by atoms with van der Waals surface area (Å²) in [4.78, 5) is 8.79. The summed E-state index contributed by atoms with van der Waals surface area (Å²) in [7, 11) is 0. The number of benzene rings is 1. The summed E-state index contributed by atoms with van der Waals surface area (Å²) in [6.07, 6.45) is 25.7. The minimum absolute atomic E-state index is 0.342. The van der Waals surface area contributed by atoms with E-state index < -0.39 is 0 Å². The van der Waals surface area contributed by atoms with Gasteiger partial charge < -0.3 is 0 Å². The Bertz CT molecular complexity index is 1150. The van der Waals surface area contributed by atoms with Crippen LogP contribution in [-0.2, 0) is 0 Å². The van der Waals surface area contributed by atoms with Crippen LogP contribution in [-0.4, -0.2) is 11.2 Å². The molecule has 2 nitrogen and oxygen atoms in total. The summed E-state index contributed by atoms with van der Waals surface area (Å²) in [6, 6.07) is 12.4. The molecular formula is C33H38N2. The van der Waals surface area contributed by atoms with E-state index in [0.717, 1.165) is 34.4 Å². The largest absolute Gasteiger partial charge is 0.264 e. The van der Waals surface area contributed by atoms with Gasteiger partial charge in [-0.1, -0.05) is 85.5 Å². The maximum atomic E-state index is 4.59. The number of rotatable bonds is 11. The lowest BCUT2D eigenvalue weighted by Gasteiger charge is -2.06. The monoisotopic (exact) mass is 462 g/mol. The Kier molecular flexibility index (Phi) is 11.9. The van der Waals surface area contributed by atoms with Crippen molar-refractivity contribution in [3.63, 3.8) is 0 Å². The number of allylic oxidation sites excluding steroid dienone is 12. The van der Waals surface area contributed by atoms with E-state index in [-0.39, 0.29) is 0 Å². The van der Waals surface area contributed by atoms with E-state index in [2.05, 4.69) is 116 Å². The van der Waals surface area contributed by atoms with Crippen molar-refractivity contribution in [2.75, 3.05) is 0 Å². The Labute approximate surface area is 212 Å². The first kappa shape index (κ1) is 27.5. The van der Waals surface area contributed by atoms with Crippen LogP contribution in [0.15, 0.2) is 132 Å². The summed E-state index contributed by atoms with van der Waals surface area (Å²) in [5, 5.41) is 0. The van der Waals surface area contributed by atoms with Crippen LogP contribution in [0.3, 0.4) is 0 Å². The average Bonchev–Trinajstić information content (AvgIpc) is 2.87. The van der Waals surface area contributed by atoms with Crippen LogP contribution in [0.2, 0.25) is 0 Å². The lowest BCUT2D eigenvalue weighted by Crippen LogP contribution is -1.90. The van der Waals surface area contributed by atoms with Gasteiger partial charge in [0.25, 0.3) is 0 Å². The Morgan fingerprint density at radius 1 is 0.914 bits per heavy atom. The van der Waals surface area contributed by atoms with Crippen LogP contribution >= 0.6 is 0 Å². The summed E-state index contributed by atoms with van der Waals surface area (Å²) in [6.45, 7) is 14.6. The molecule has 0 amide bonds. The second-order valence-electron chi connectivity index (χ2n) is 8.36. The molecule has 0 aliphatic rings. The van der Waals surface area contributed by atoms with Gasteiger partial charge in [0, 0.05) is 24.2 Å².